The van der Waals surface area contributed by atoms with Crippen molar-refractivity contribution in [3.05, 3.63) is 26.8 Å². The quantitative estimate of drug-likeness (QED) is 0.615. The Morgan fingerprint density at radius 1 is 1.48 bits per heavy atom. The maximum atomic E-state index is 14.3. The van der Waals surface area contributed by atoms with Gasteiger partial charge in [0.2, 0.25) is 5.13 Å². The molecule has 1 aromatic heterocycles. The van der Waals surface area contributed by atoms with Crippen LogP contribution in [0.5, 0.6) is 0 Å². The predicted molar refractivity (Wildman–Crippen MR) is 81.9 cm³/mol. The number of amides is 3. The Labute approximate surface area is 140 Å². The van der Waals surface area contributed by atoms with E-state index in [0.29, 0.717) is 24.3 Å². The Kier molecular flexibility index (Phi) is 4.11. The summed E-state index contributed by atoms with van der Waals surface area (Å²) in [5.41, 5.74) is -0.0432. The van der Waals surface area contributed by atoms with Gasteiger partial charge < -0.3 is 4.74 Å². The monoisotopic (exact) mass is 358 g/mol. The Balaban J connectivity index is 2.01. The number of anilines is 1. The van der Waals surface area contributed by atoms with Crippen molar-refractivity contribution < 1.29 is 23.5 Å². The van der Waals surface area contributed by atoms with Gasteiger partial charge in [0.25, 0.3) is 5.91 Å². The molecule has 1 fully saturated rings. The van der Waals surface area contributed by atoms with Crippen molar-refractivity contribution in [2.24, 2.45) is 0 Å². The maximum Gasteiger partial charge on any atom is 0.336 e. The van der Waals surface area contributed by atoms with Gasteiger partial charge in [-0.05, 0) is 12.8 Å². The van der Waals surface area contributed by atoms with Crippen molar-refractivity contribution in [1.82, 2.24) is 4.90 Å². The molecule has 0 N–H and O–H groups in total. The van der Waals surface area contributed by atoms with Crippen LogP contribution in [0.15, 0.2) is 11.8 Å². The minimum atomic E-state index is -0.781. The largest absolute Gasteiger partial charge is 0.469 e. The molecule has 3 rings (SSSR count). The van der Waals surface area contributed by atoms with E-state index in [9.17, 15) is 18.8 Å². The van der Waals surface area contributed by atoms with Gasteiger partial charge in [0.15, 0.2) is 0 Å². The van der Waals surface area contributed by atoms with Crippen LogP contribution in [0.4, 0.5) is 14.9 Å². The van der Waals surface area contributed by atoms with E-state index in [4.69, 9.17) is 11.6 Å². The first-order valence-electron chi connectivity index (χ1n) is 6.85. The van der Waals surface area contributed by atoms with E-state index in [0.717, 1.165) is 11.3 Å². The van der Waals surface area contributed by atoms with Gasteiger partial charge in [-0.3, -0.25) is 14.5 Å². The number of methoxy groups -OCH3 is 1. The second kappa shape index (κ2) is 5.93. The van der Waals surface area contributed by atoms with Gasteiger partial charge in [0, 0.05) is 11.4 Å². The molecule has 0 radical (unpaired) electrons. The van der Waals surface area contributed by atoms with E-state index in [1.807, 2.05) is 0 Å². The van der Waals surface area contributed by atoms with Gasteiger partial charge >= 0.3 is 12.0 Å². The summed E-state index contributed by atoms with van der Waals surface area (Å²) in [7, 11) is 1.21. The number of halogens is 2. The number of urea groups is 1. The number of rotatable bonds is 3. The second-order valence-corrected chi connectivity index (χ2v) is 6.45. The SMILES string of the molecule is COC(=O)Cc1sc(F)c(N2C(=O)C3=CCCCN3C2=O)c1Cl. The fourth-order valence-electron chi connectivity index (χ4n) is 2.56. The van der Waals surface area contributed by atoms with Crippen LogP contribution in [0.25, 0.3) is 0 Å². The van der Waals surface area contributed by atoms with Crippen LogP contribution in [0.3, 0.4) is 0 Å². The molecule has 0 bridgehead atoms. The van der Waals surface area contributed by atoms with Crippen molar-refractivity contribution in [3.8, 4) is 0 Å². The Bertz CT molecular complexity index is 745. The number of imide groups is 1. The number of ether oxygens (including phenoxy) is 1. The molecule has 122 valence electrons. The lowest BCUT2D eigenvalue weighted by Gasteiger charge is -2.19. The normalized spacial score (nSPS) is 17.4. The molecule has 3 amide bonds. The lowest BCUT2D eigenvalue weighted by molar-refractivity contribution is -0.139. The smallest absolute Gasteiger partial charge is 0.336 e. The third-order valence-corrected chi connectivity index (χ3v) is 5.15. The summed E-state index contributed by atoms with van der Waals surface area (Å²) in [5.74, 6) is -1.18. The Morgan fingerprint density at radius 3 is 2.87 bits per heavy atom. The molecule has 23 heavy (non-hydrogen) atoms. The molecule has 0 aliphatic carbocycles. The summed E-state index contributed by atoms with van der Waals surface area (Å²) in [4.78, 5) is 38.5. The van der Waals surface area contributed by atoms with E-state index in [2.05, 4.69) is 4.74 Å². The van der Waals surface area contributed by atoms with E-state index in [1.165, 1.54) is 12.0 Å². The summed E-state index contributed by atoms with van der Waals surface area (Å²) in [5, 5.41) is -0.893. The third-order valence-electron chi connectivity index (χ3n) is 3.67. The zero-order chi connectivity index (χ0) is 16.7. The number of allylic oxidation sites excluding steroid dienone is 1. The van der Waals surface area contributed by atoms with E-state index < -0.39 is 23.0 Å². The third kappa shape index (κ3) is 2.51. The summed E-state index contributed by atoms with van der Waals surface area (Å²) in [6.45, 7) is 0.408. The van der Waals surface area contributed by atoms with Gasteiger partial charge in [0.1, 0.15) is 11.4 Å². The van der Waals surface area contributed by atoms with Crippen LogP contribution in [0.2, 0.25) is 5.02 Å². The Hall–Kier alpha value is -1.93. The molecular formula is C14H12ClFN2O4S. The summed E-state index contributed by atoms with van der Waals surface area (Å²) < 4.78 is 18.8. The minimum absolute atomic E-state index is 0.111. The van der Waals surface area contributed by atoms with Crippen molar-refractivity contribution >= 4 is 46.5 Å². The van der Waals surface area contributed by atoms with Crippen molar-refractivity contribution in [2.45, 2.75) is 19.3 Å². The van der Waals surface area contributed by atoms with Crippen LogP contribution in [0, 0.1) is 5.13 Å². The van der Waals surface area contributed by atoms with Gasteiger partial charge in [-0.25, -0.2) is 9.69 Å². The molecule has 0 aromatic carbocycles. The number of nitrogens with zero attached hydrogens (tertiary/aromatic N) is 2. The molecule has 0 atom stereocenters. The van der Waals surface area contributed by atoms with E-state index in [1.54, 1.807) is 6.08 Å². The number of carbonyl (C=O) groups is 3. The van der Waals surface area contributed by atoms with Crippen molar-refractivity contribution in [2.75, 3.05) is 18.6 Å². The highest BCUT2D eigenvalue weighted by Gasteiger charge is 2.45. The highest BCUT2D eigenvalue weighted by Crippen LogP contribution is 2.42. The Morgan fingerprint density at radius 2 is 2.22 bits per heavy atom. The van der Waals surface area contributed by atoms with Crippen LogP contribution >= 0.6 is 22.9 Å². The average Bonchev–Trinajstić information content (AvgIpc) is 2.95. The predicted octanol–water partition coefficient (Wildman–Crippen LogP) is 2.70. The summed E-state index contributed by atoms with van der Waals surface area (Å²) >= 11 is 6.74. The molecule has 1 saturated heterocycles. The van der Waals surface area contributed by atoms with E-state index in [-0.39, 0.29) is 27.7 Å². The lowest BCUT2D eigenvalue weighted by Crippen LogP contribution is -2.34. The molecule has 6 nitrogen and oxygen atoms in total. The standard InChI is InChI=1S/C14H12ClFN2O4S/c1-22-9(19)6-8-10(15)11(12(16)23-8)18-13(20)7-4-2-3-5-17(7)14(18)21/h4H,2-3,5-6H2,1H3. The van der Waals surface area contributed by atoms with Crippen LogP contribution in [0.1, 0.15) is 17.7 Å². The molecule has 2 aliphatic heterocycles. The first-order chi connectivity index (χ1) is 11.0. The molecule has 0 saturated carbocycles. The highest BCUT2D eigenvalue weighted by atomic mass is 35.5. The zero-order valence-electron chi connectivity index (χ0n) is 12.1. The van der Waals surface area contributed by atoms with Crippen LogP contribution in [-0.2, 0) is 20.7 Å². The van der Waals surface area contributed by atoms with Crippen LogP contribution in [-0.4, -0.2) is 36.5 Å². The van der Waals surface area contributed by atoms with Crippen molar-refractivity contribution in [3.63, 3.8) is 0 Å². The summed E-state index contributed by atoms with van der Waals surface area (Å²) in [6.07, 6.45) is 2.87. The first kappa shape index (κ1) is 15.9. The number of thiophene rings is 1. The highest BCUT2D eigenvalue weighted by molar-refractivity contribution is 7.11. The fraction of sp³-hybridized carbons (Fsp3) is 0.357. The number of esters is 1. The zero-order valence-corrected chi connectivity index (χ0v) is 13.7. The molecule has 2 aliphatic rings. The number of hydrogen-bond donors (Lipinski definition) is 0. The number of fused-ring (bicyclic) bond motifs is 1. The minimum Gasteiger partial charge on any atom is -0.469 e. The molecule has 1 aromatic rings. The van der Waals surface area contributed by atoms with Gasteiger partial charge in [-0.1, -0.05) is 17.7 Å². The second-order valence-electron chi connectivity index (χ2n) is 5.02. The molecule has 9 heteroatoms. The molecule has 0 spiro atoms. The van der Waals surface area contributed by atoms with E-state index >= 15 is 0 Å². The van der Waals surface area contributed by atoms with Crippen LogP contribution < -0.4 is 4.90 Å². The van der Waals surface area contributed by atoms with Gasteiger partial charge in [-0.2, -0.15) is 4.39 Å². The average molecular weight is 359 g/mol. The molecule has 3 heterocycles. The summed E-state index contributed by atoms with van der Waals surface area (Å²) in [6, 6.07) is -0.621. The molecular weight excluding hydrogens is 347 g/mol. The number of carbonyl (C=O) groups excluding carboxylic acids is 3. The van der Waals surface area contributed by atoms with Crippen molar-refractivity contribution in [1.29, 1.82) is 0 Å². The van der Waals surface area contributed by atoms with Gasteiger partial charge in [-0.15, -0.1) is 11.3 Å². The molecule has 0 unspecified atom stereocenters. The first-order valence-corrected chi connectivity index (χ1v) is 8.04. The fourth-order valence-corrected chi connectivity index (χ4v) is 3.85. The topological polar surface area (TPSA) is 66.9 Å². The maximum absolute atomic E-state index is 14.3. The number of hydrogen-bond acceptors (Lipinski definition) is 5. The van der Waals surface area contributed by atoms with Gasteiger partial charge in [0.05, 0.1) is 18.6 Å². The lowest BCUT2D eigenvalue weighted by atomic mass is 10.2.